The van der Waals surface area contributed by atoms with Crippen molar-refractivity contribution in [3.8, 4) is 11.8 Å². The van der Waals surface area contributed by atoms with Crippen LogP contribution in [0.25, 0.3) is 0 Å². The molecule has 0 bridgehead atoms. The summed E-state index contributed by atoms with van der Waals surface area (Å²) in [6.07, 6.45) is 1.26. The molecule has 0 unspecified atom stereocenters. The lowest BCUT2D eigenvalue weighted by Crippen LogP contribution is -2.31. The summed E-state index contributed by atoms with van der Waals surface area (Å²) in [6.45, 7) is 0.137. The van der Waals surface area contributed by atoms with Crippen LogP contribution in [0, 0.1) is 11.3 Å². The second-order valence-corrected chi connectivity index (χ2v) is 4.11. The first kappa shape index (κ1) is 13.4. The molecule has 0 fully saturated rings. The van der Waals surface area contributed by atoms with Gasteiger partial charge in [-0.3, -0.25) is 14.3 Å². The zero-order valence-corrected chi connectivity index (χ0v) is 10.7. The summed E-state index contributed by atoms with van der Waals surface area (Å²) in [6, 6.07) is 6.90. The Morgan fingerprint density at radius 1 is 1.45 bits per heavy atom. The Morgan fingerprint density at radius 3 is 2.85 bits per heavy atom. The van der Waals surface area contributed by atoms with Crippen LogP contribution in [0.4, 0.5) is 5.69 Å². The molecule has 0 radical (unpaired) electrons. The minimum atomic E-state index is -0.621. The Balaban J connectivity index is 2.49. The minimum Gasteiger partial charge on any atom is -0.496 e. The van der Waals surface area contributed by atoms with Crippen LogP contribution in [0.5, 0.6) is 5.75 Å². The third-order valence-corrected chi connectivity index (χ3v) is 2.79. The maximum Gasteiger partial charge on any atom is 0.328 e. The van der Waals surface area contributed by atoms with Gasteiger partial charge in [0.05, 0.1) is 25.3 Å². The number of methoxy groups -OCH3 is 1. The Morgan fingerprint density at radius 2 is 2.20 bits per heavy atom. The van der Waals surface area contributed by atoms with Crippen molar-refractivity contribution in [2.24, 2.45) is 0 Å². The minimum absolute atomic E-state index is 0.0556. The van der Waals surface area contributed by atoms with Gasteiger partial charge in [-0.2, -0.15) is 5.26 Å². The van der Waals surface area contributed by atoms with Gasteiger partial charge in [-0.15, -0.1) is 0 Å². The van der Waals surface area contributed by atoms with Crippen LogP contribution >= 0.6 is 0 Å². The SMILES string of the molecule is COc1ccc(C#N)cc1Cn1cc(N)c(=O)[nH]c1=O. The molecule has 0 aliphatic heterocycles. The van der Waals surface area contributed by atoms with Gasteiger partial charge in [0.15, 0.2) is 0 Å². The maximum atomic E-state index is 11.7. The molecule has 102 valence electrons. The van der Waals surface area contributed by atoms with E-state index in [0.717, 1.165) is 0 Å². The molecule has 0 aliphatic rings. The average Bonchev–Trinajstić information content (AvgIpc) is 2.44. The quantitative estimate of drug-likeness (QED) is 0.819. The number of aromatic amines is 1. The summed E-state index contributed by atoms with van der Waals surface area (Å²) in [5, 5.41) is 8.90. The van der Waals surface area contributed by atoms with Crippen molar-refractivity contribution in [1.29, 1.82) is 5.26 Å². The van der Waals surface area contributed by atoms with E-state index in [-0.39, 0.29) is 12.2 Å². The van der Waals surface area contributed by atoms with E-state index >= 15 is 0 Å². The topological polar surface area (TPSA) is 114 Å². The smallest absolute Gasteiger partial charge is 0.328 e. The zero-order valence-electron chi connectivity index (χ0n) is 10.7. The van der Waals surface area contributed by atoms with Crippen molar-refractivity contribution in [3.63, 3.8) is 0 Å². The van der Waals surface area contributed by atoms with Gasteiger partial charge in [0.1, 0.15) is 11.4 Å². The molecular weight excluding hydrogens is 260 g/mol. The number of benzene rings is 1. The molecule has 7 nitrogen and oxygen atoms in total. The zero-order chi connectivity index (χ0) is 14.7. The van der Waals surface area contributed by atoms with Crippen molar-refractivity contribution in [2.75, 3.05) is 12.8 Å². The highest BCUT2D eigenvalue weighted by atomic mass is 16.5. The normalized spacial score (nSPS) is 10.0. The Kier molecular flexibility index (Phi) is 3.57. The molecule has 0 saturated carbocycles. The summed E-state index contributed by atoms with van der Waals surface area (Å²) in [5.74, 6) is 0.542. The van der Waals surface area contributed by atoms with E-state index in [4.69, 9.17) is 15.7 Å². The van der Waals surface area contributed by atoms with Crippen LogP contribution < -0.4 is 21.7 Å². The van der Waals surface area contributed by atoms with Gasteiger partial charge < -0.3 is 10.5 Å². The number of aromatic nitrogens is 2. The van der Waals surface area contributed by atoms with Gasteiger partial charge in [-0.1, -0.05) is 0 Å². The number of H-pyrrole nitrogens is 1. The molecule has 0 amide bonds. The summed E-state index contributed by atoms with van der Waals surface area (Å²) >= 11 is 0. The molecule has 7 heteroatoms. The van der Waals surface area contributed by atoms with Crippen LogP contribution in [0.3, 0.4) is 0 Å². The summed E-state index contributed by atoms with van der Waals surface area (Å²) in [7, 11) is 1.49. The first-order valence-electron chi connectivity index (χ1n) is 5.71. The van der Waals surface area contributed by atoms with Crippen molar-refractivity contribution in [2.45, 2.75) is 6.54 Å². The van der Waals surface area contributed by atoms with Gasteiger partial charge in [0, 0.05) is 11.8 Å². The molecule has 20 heavy (non-hydrogen) atoms. The molecule has 1 aromatic heterocycles. The lowest BCUT2D eigenvalue weighted by atomic mass is 10.1. The lowest BCUT2D eigenvalue weighted by Gasteiger charge is -2.10. The Bertz CT molecular complexity index is 798. The van der Waals surface area contributed by atoms with Crippen LogP contribution in [-0.4, -0.2) is 16.7 Å². The maximum absolute atomic E-state index is 11.7. The summed E-state index contributed by atoms with van der Waals surface area (Å²) in [4.78, 5) is 25.0. The molecule has 0 atom stereocenters. The predicted molar refractivity (Wildman–Crippen MR) is 72.5 cm³/mol. The number of nitrogens with two attached hydrogens (primary N) is 1. The van der Waals surface area contributed by atoms with E-state index < -0.39 is 11.2 Å². The highest BCUT2D eigenvalue weighted by Gasteiger charge is 2.08. The van der Waals surface area contributed by atoms with Crippen LogP contribution in [0.15, 0.2) is 34.0 Å². The molecule has 1 aromatic carbocycles. The van der Waals surface area contributed by atoms with Crippen LogP contribution in [0.2, 0.25) is 0 Å². The molecule has 2 rings (SSSR count). The second-order valence-electron chi connectivity index (χ2n) is 4.11. The number of anilines is 1. The molecule has 2 aromatic rings. The third-order valence-electron chi connectivity index (χ3n) is 2.79. The van der Waals surface area contributed by atoms with E-state index in [1.54, 1.807) is 18.2 Å². The predicted octanol–water partition coefficient (Wildman–Crippen LogP) is 0.0474. The van der Waals surface area contributed by atoms with E-state index in [9.17, 15) is 9.59 Å². The fraction of sp³-hybridized carbons (Fsp3) is 0.154. The summed E-state index contributed by atoms with van der Waals surface area (Å²) in [5.41, 5.74) is 5.32. The van der Waals surface area contributed by atoms with E-state index in [2.05, 4.69) is 4.98 Å². The van der Waals surface area contributed by atoms with Crippen LogP contribution in [-0.2, 0) is 6.54 Å². The second kappa shape index (κ2) is 5.32. The molecule has 0 spiro atoms. The van der Waals surface area contributed by atoms with Crippen molar-refractivity contribution >= 4 is 5.69 Å². The first-order valence-corrected chi connectivity index (χ1v) is 5.71. The van der Waals surface area contributed by atoms with Gasteiger partial charge in [-0.05, 0) is 18.2 Å². The van der Waals surface area contributed by atoms with Crippen molar-refractivity contribution in [1.82, 2.24) is 9.55 Å². The number of nitrogens with one attached hydrogen (secondary N) is 1. The molecule has 0 aliphatic carbocycles. The number of hydrogen-bond donors (Lipinski definition) is 2. The largest absolute Gasteiger partial charge is 0.496 e. The molecule has 1 heterocycles. The number of nitrogen functional groups attached to an aromatic ring is 1. The standard InChI is InChI=1S/C13H12N4O3/c1-20-11-3-2-8(5-14)4-9(11)6-17-7-10(15)12(18)16-13(17)19/h2-4,7H,6,15H2,1H3,(H,16,18,19). The highest BCUT2D eigenvalue weighted by Crippen LogP contribution is 2.20. The number of nitrogens with zero attached hydrogens (tertiary/aromatic N) is 2. The van der Waals surface area contributed by atoms with E-state index in [1.807, 2.05) is 6.07 Å². The Hall–Kier alpha value is -3.01. The summed E-state index contributed by atoms with van der Waals surface area (Å²) < 4.78 is 6.43. The fourth-order valence-corrected chi connectivity index (χ4v) is 1.80. The van der Waals surface area contributed by atoms with E-state index in [0.29, 0.717) is 16.9 Å². The number of hydrogen-bond acceptors (Lipinski definition) is 5. The number of ether oxygens (including phenoxy) is 1. The van der Waals surface area contributed by atoms with Crippen molar-refractivity contribution in [3.05, 3.63) is 56.4 Å². The molecule has 3 N–H and O–H groups in total. The monoisotopic (exact) mass is 272 g/mol. The molecule has 0 saturated heterocycles. The third kappa shape index (κ3) is 2.54. The number of rotatable bonds is 3. The Labute approximate surface area is 113 Å². The highest BCUT2D eigenvalue weighted by molar-refractivity contribution is 5.42. The van der Waals surface area contributed by atoms with Gasteiger partial charge >= 0.3 is 5.69 Å². The fourth-order valence-electron chi connectivity index (χ4n) is 1.80. The average molecular weight is 272 g/mol. The van der Waals surface area contributed by atoms with Gasteiger partial charge in [-0.25, -0.2) is 4.79 Å². The first-order chi connectivity index (χ1) is 9.55. The lowest BCUT2D eigenvalue weighted by molar-refractivity contribution is 0.408. The van der Waals surface area contributed by atoms with Gasteiger partial charge in [0.2, 0.25) is 0 Å². The molecular formula is C13H12N4O3. The van der Waals surface area contributed by atoms with E-state index in [1.165, 1.54) is 17.9 Å². The van der Waals surface area contributed by atoms with Gasteiger partial charge in [0.25, 0.3) is 5.56 Å². The van der Waals surface area contributed by atoms with Crippen LogP contribution in [0.1, 0.15) is 11.1 Å². The number of nitriles is 1. The van der Waals surface area contributed by atoms with Crippen molar-refractivity contribution < 1.29 is 4.74 Å².